The Morgan fingerprint density at radius 2 is 0.800 bits per heavy atom. The second-order valence-corrected chi connectivity index (χ2v) is 17.4. The van der Waals surface area contributed by atoms with Crippen LogP contribution in [0.15, 0.2) is 133 Å². The molecule has 70 heavy (non-hydrogen) atoms. The summed E-state index contributed by atoms with van der Waals surface area (Å²) >= 11 is 0. The highest BCUT2D eigenvalue weighted by molar-refractivity contribution is 5.68. The number of benzene rings is 4. The molecule has 2 saturated heterocycles. The summed E-state index contributed by atoms with van der Waals surface area (Å²) in [7, 11) is 0. The zero-order chi connectivity index (χ0) is 49.0. The summed E-state index contributed by atoms with van der Waals surface area (Å²) in [5.74, 6) is 1.44. The second-order valence-electron chi connectivity index (χ2n) is 17.4. The van der Waals surface area contributed by atoms with Crippen LogP contribution in [0.4, 0.5) is 0 Å². The average molecular weight is 961 g/mol. The first-order valence-corrected chi connectivity index (χ1v) is 23.5. The average Bonchev–Trinajstić information content (AvgIpc) is 3.40. The molecule has 0 aliphatic carbocycles. The summed E-state index contributed by atoms with van der Waals surface area (Å²) in [6, 6.07) is 43.6. The molecule has 8 N–H and O–H groups in total. The van der Waals surface area contributed by atoms with Crippen molar-refractivity contribution in [3.05, 3.63) is 156 Å². The van der Waals surface area contributed by atoms with Gasteiger partial charge in [-0.1, -0.05) is 72.8 Å². The van der Waals surface area contributed by atoms with Crippen molar-refractivity contribution in [2.24, 2.45) is 0 Å². The van der Waals surface area contributed by atoms with Gasteiger partial charge in [0.2, 0.25) is 0 Å². The van der Waals surface area contributed by atoms with Crippen molar-refractivity contribution in [2.75, 3.05) is 26.4 Å². The molecule has 0 unspecified atom stereocenters. The van der Waals surface area contributed by atoms with E-state index in [-0.39, 0.29) is 13.2 Å². The molecule has 4 heterocycles. The molecule has 16 nitrogen and oxygen atoms in total. The van der Waals surface area contributed by atoms with E-state index in [0.29, 0.717) is 38.9 Å². The Labute approximate surface area is 405 Å². The van der Waals surface area contributed by atoms with E-state index >= 15 is 0 Å². The molecule has 2 fully saturated rings. The lowest BCUT2D eigenvalue weighted by atomic mass is 9.99. The molecular weight excluding hydrogens is 901 g/mol. The minimum Gasteiger partial charge on any atom is -0.489 e. The maximum absolute atomic E-state index is 10.2. The first kappa shape index (κ1) is 50.7. The Balaban J connectivity index is 0.796. The fraction of sp³-hybridized carbons (Fsp3) is 0.370. The number of aliphatic hydroxyl groups excluding tert-OH is 8. The quantitative estimate of drug-likeness (QED) is 0.0473. The monoisotopic (exact) mass is 960 g/mol. The maximum atomic E-state index is 10.2. The topological polar surface area (TPSA) is 243 Å². The van der Waals surface area contributed by atoms with E-state index in [0.717, 1.165) is 67.7 Å². The molecule has 2 aliphatic rings. The van der Waals surface area contributed by atoms with Gasteiger partial charge in [-0.15, -0.1) is 0 Å². The van der Waals surface area contributed by atoms with Crippen molar-refractivity contribution in [3.8, 4) is 45.4 Å². The first-order chi connectivity index (χ1) is 34.1. The Kier molecular flexibility index (Phi) is 17.7. The van der Waals surface area contributed by atoms with Gasteiger partial charge in [-0.25, -0.2) is 9.97 Å². The number of aromatic nitrogens is 2. The van der Waals surface area contributed by atoms with Crippen molar-refractivity contribution in [1.29, 1.82) is 0 Å². The molecule has 0 bridgehead atoms. The van der Waals surface area contributed by atoms with Crippen LogP contribution in [0.25, 0.3) is 33.9 Å². The van der Waals surface area contributed by atoms with E-state index in [1.807, 2.05) is 121 Å². The molecule has 0 saturated carbocycles. The third-order valence-corrected chi connectivity index (χ3v) is 12.3. The Hall–Kier alpha value is -5.70. The molecule has 16 heteroatoms. The lowest BCUT2D eigenvalue weighted by molar-refractivity contribution is -0.301. The fourth-order valence-corrected chi connectivity index (χ4v) is 8.32. The van der Waals surface area contributed by atoms with Crippen molar-refractivity contribution in [3.63, 3.8) is 0 Å². The second kappa shape index (κ2) is 24.4. The van der Waals surface area contributed by atoms with E-state index in [4.69, 9.17) is 38.4 Å². The van der Waals surface area contributed by atoms with Crippen molar-refractivity contribution in [2.45, 2.75) is 100 Å². The largest absolute Gasteiger partial charge is 0.489 e. The Bertz CT molecular complexity index is 2390. The molecular formula is C54H60N2O14. The minimum atomic E-state index is -1.47. The van der Waals surface area contributed by atoms with Crippen LogP contribution in [0.1, 0.15) is 35.1 Å². The van der Waals surface area contributed by atoms with Crippen LogP contribution in [0.3, 0.4) is 0 Å². The van der Waals surface area contributed by atoms with E-state index in [9.17, 15) is 40.9 Å². The molecule has 2 aromatic heterocycles. The molecule has 0 amide bonds. The molecule has 10 atom stereocenters. The van der Waals surface area contributed by atoms with Gasteiger partial charge in [0.05, 0.1) is 49.2 Å². The maximum Gasteiger partial charge on any atom is 0.186 e. The summed E-state index contributed by atoms with van der Waals surface area (Å²) in [6.07, 6.45) is -10.3. The smallest absolute Gasteiger partial charge is 0.186 e. The third kappa shape index (κ3) is 13.0. The number of ether oxygens (including phenoxy) is 6. The van der Waals surface area contributed by atoms with E-state index in [2.05, 4.69) is 12.1 Å². The summed E-state index contributed by atoms with van der Waals surface area (Å²) in [5, 5.41) is 79.0. The predicted molar refractivity (Wildman–Crippen MR) is 256 cm³/mol. The molecule has 0 radical (unpaired) electrons. The predicted octanol–water partition coefficient (Wildman–Crippen LogP) is 4.13. The third-order valence-electron chi connectivity index (χ3n) is 12.3. The highest BCUT2D eigenvalue weighted by Gasteiger charge is 2.45. The lowest BCUT2D eigenvalue weighted by Crippen LogP contribution is -2.59. The summed E-state index contributed by atoms with van der Waals surface area (Å²) in [4.78, 5) is 10.0. The Morgan fingerprint density at radius 3 is 1.20 bits per heavy atom. The van der Waals surface area contributed by atoms with Gasteiger partial charge in [0, 0.05) is 11.1 Å². The van der Waals surface area contributed by atoms with Gasteiger partial charge in [-0.3, -0.25) is 0 Å². The molecule has 6 aromatic rings. The van der Waals surface area contributed by atoms with Crippen molar-refractivity contribution >= 4 is 0 Å². The number of aliphatic hydroxyl groups is 8. The highest BCUT2D eigenvalue weighted by Crippen LogP contribution is 2.28. The zero-order valence-electron chi connectivity index (χ0n) is 38.5. The van der Waals surface area contributed by atoms with Crippen LogP contribution >= 0.6 is 0 Å². The van der Waals surface area contributed by atoms with Gasteiger partial charge in [0.15, 0.2) is 12.6 Å². The number of pyridine rings is 2. The summed E-state index contributed by atoms with van der Waals surface area (Å²) in [6.45, 7) is 0.197. The van der Waals surface area contributed by atoms with Gasteiger partial charge in [0.1, 0.15) is 73.5 Å². The fourth-order valence-electron chi connectivity index (χ4n) is 8.32. The number of aryl methyl sites for hydroxylation is 2. The summed E-state index contributed by atoms with van der Waals surface area (Å²) in [5.41, 5.74) is 9.08. The van der Waals surface area contributed by atoms with Crippen LogP contribution in [0.2, 0.25) is 0 Å². The van der Waals surface area contributed by atoms with E-state index in [1.54, 1.807) is 0 Å². The van der Waals surface area contributed by atoms with Crippen LogP contribution in [-0.2, 0) is 45.0 Å². The van der Waals surface area contributed by atoms with Gasteiger partial charge < -0.3 is 69.3 Å². The van der Waals surface area contributed by atoms with Crippen LogP contribution in [0.5, 0.6) is 11.5 Å². The van der Waals surface area contributed by atoms with Crippen molar-refractivity contribution < 1.29 is 69.3 Å². The van der Waals surface area contributed by atoms with Gasteiger partial charge in [-0.05, 0) is 109 Å². The molecule has 4 aromatic carbocycles. The number of hydrogen-bond acceptors (Lipinski definition) is 16. The van der Waals surface area contributed by atoms with E-state index < -0.39 is 74.6 Å². The molecule has 2 aliphatic heterocycles. The normalized spacial score (nSPS) is 24.6. The van der Waals surface area contributed by atoms with Crippen LogP contribution < -0.4 is 9.47 Å². The SMILES string of the molecule is OC[C@H]1O[C@@H](OCCCc2ccc(OCc3cccc(-c4cccc(-c5cccc(-c6cccc(COc7ccc(CCCO[C@@H]8O[C@H](CO)[C@H](O)[C@H](O)[C@H]8O)cc7)c6)n5)n4)c3)cc2)[C@H](O)[C@@H](O)[C@H]1O. The van der Waals surface area contributed by atoms with Crippen LogP contribution in [0, 0.1) is 0 Å². The first-order valence-electron chi connectivity index (χ1n) is 23.5. The van der Waals surface area contributed by atoms with Crippen molar-refractivity contribution in [1.82, 2.24) is 9.97 Å². The van der Waals surface area contributed by atoms with Crippen LogP contribution in [-0.4, -0.2) is 139 Å². The zero-order valence-corrected chi connectivity index (χ0v) is 38.5. The minimum absolute atomic E-state index is 0.245. The van der Waals surface area contributed by atoms with Gasteiger partial charge in [-0.2, -0.15) is 0 Å². The van der Waals surface area contributed by atoms with Gasteiger partial charge >= 0.3 is 0 Å². The number of rotatable bonds is 21. The number of nitrogens with zero attached hydrogens (tertiary/aromatic N) is 2. The Morgan fingerprint density at radius 1 is 0.414 bits per heavy atom. The highest BCUT2D eigenvalue weighted by atomic mass is 16.7. The van der Waals surface area contributed by atoms with E-state index in [1.165, 1.54) is 0 Å². The van der Waals surface area contributed by atoms with Gasteiger partial charge in [0.25, 0.3) is 0 Å². The molecule has 8 rings (SSSR count). The molecule has 0 spiro atoms. The lowest BCUT2D eigenvalue weighted by Gasteiger charge is -2.39. The standard InChI is InChI=1S/C54H60N2O14/c57-29-45-47(59)49(61)51(63)53(69-45)65-25-5-9-33-17-21-39(22-18-33)67-31-35-7-1-11-37(27-35)41-13-3-15-43(55-41)44-16-4-14-42(56-44)38-12-2-8-36(28-38)32-68-40-23-19-34(20-24-40)10-6-26-66-54-52(64)50(62)48(60)46(30-58)70-54/h1-4,7-8,11-24,27-28,45-54,57-64H,5-6,9-10,25-26,29-32H2/t45-,46-,47+,48+,49+,50+,51-,52-,53-,54-/m1/s1. The molecule has 370 valence electrons. The summed E-state index contributed by atoms with van der Waals surface area (Å²) < 4.78 is 34.3. The number of hydrogen-bond donors (Lipinski definition) is 8.